The summed E-state index contributed by atoms with van der Waals surface area (Å²) in [6.07, 6.45) is 0. The van der Waals surface area contributed by atoms with Crippen LogP contribution in [0.5, 0.6) is 0 Å². The van der Waals surface area contributed by atoms with Crippen LogP contribution in [0.25, 0.3) is 10.9 Å². The molecule has 3 aromatic rings. The van der Waals surface area contributed by atoms with Gasteiger partial charge in [0.15, 0.2) is 0 Å². The smallest absolute Gasteiger partial charge is 0.255 e. The van der Waals surface area contributed by atoms with E-state index in [4.69, 9.17) is 0 Å². The minimum absolute atomic E-state index is 0.0627. The van der Waals surface area contributed by atoms with E-state index in [1.165, 1.54) is 24.3 Å². The van der Waals surface area contributed by atoms with Crippen molar-refractivity contribution in [2.45, 2.75) is 13.8 Å². The van der Waals surface area contributed by atoms with Crippen molar-refractivity contribution in [1.82, 2.24) is 14.8 Å². The molecule has 2 heterocycles. The normalized spacial score (nSPS) is 14.3. The third kappa shape index (κ3) is 3.83. The van der Waals surface area contributed by atoms with E-state index in [0.29, 0.717) is 43.0 Å². The molecule has 2 amide bonds. The van der Waals surface area contributed by atoms with Gasteiger partial charge < -0.3 is 9.80 Å². The Morgan fingerprint density at radius 2 is 1.48 bits per heavy atom. The van der Waals surface area contributed by atoms with Crippen LogP contribution in [0.2, 0.25) is 0 Å². The number of aromatic nitrogens is 1. The summed E-state index contributed by atoms with van der Waals surface area (Å²) in [7, 11) is 0. The van der Waals surface area contributed by atoms with Crippen LogP contribution >= 0.6 is 0 Å². The van der Waals surface area contributed by atoms with E-state index in [-0.39, 0.29) is 17.6 Å². The van der Waals surface area contributed by atoms with Gasteiger partial charge in [-0.25, -0.2) is 4.39 Å². The van der Waals surface area contributed by atoms with E-state index >= 15 is 0 Å². The fraction of sp³-hybridized carbons (Fsp3) is 0.261. The second-order valence-electron chi connectivity index (χ2n) is 7.41. The van der Waals surface area contributed by atoms with Crippen LogP contribution in [0.15, 0.2) is 48.5 Å². The highest BCUT2D eigenvalue weighted by Crippen LogP contribution is 2.20. The van der Waals surface area contributed by atoms with Gasteiger partial charge in [-0.3, -0.25) is 14.6 Å². The first kappa shape index (κ1) is 19.1. The van der Waals surface area contributed by atoms with Crippen LogP contribution < -0.4 is 0 Å². The quantitative estimate of drug-likeness (QED) is 0.671. The van der Waals surface area contributed by atoms with Crippen molar-refractivity contribution < 1.29 is 14.0 Å². The molecule has 0 aliphatic carbocycles. The number of benzene rings is 2. The molecule has 1 fully saturated rings. The molecule has 2 aromatic carbocycles. The van der Waals surface area contributed by atoms with E-state index < -0.39 is 0 Å². The topological polar surface area (TPSA) is 53.5 Å². The van der Waals surface area contributed by atoms with Crippen LogP contribution in [0.4, 0.5) is 4.39 Å². The molecular weight excluding hydrogens is 369 g/mol. The van der Waals surface area contributed by atoms with Gasteiger partial charge in [0.25, 0.3) is 11.8 Å². The number of piperazine rings is 1. The highest BCUT2D eigenvalue weighted by atomic mass is 19.1. The number of fused-ring (bicyclic) bond motifs is 1. The highest BCUT2D eigenvalue weighted by Gasteiger charge is 2.26. The molecule has 29 heavy (non-hydrogen) atoms. The molecule has 5 nitrogen and oxygen atoms in total. The van der Waals surface area contributed by atoms with Crippen LogP contribution in [0, 0.1) is 19.7 Å². The molecule has 1 aliphatic heterocycles. The number of amides is 2. The van der Waals surface area contributed by atoms with Gasteiger partial charge >= 0.3 is 0 Å². The molecule has 0 atom stereocenters. The van der Waals surface area contributed by atoms with Gasteiger partial charge in [0.1, 0.15) is 5.82 Å². The van der Waals surface area contributed by atoms with E-state index in [1.54, 1.807) is 9.80 Å². The van der Waals surface area contributed by atoms with E-state index in [9.17, 15) is 14.0 Å². The van der Waals surface area contributed by atoms with Gasteiger partial charge in [-0.2, -0.15) is 0 Å². The largest absolute Gasteiger partial charge is 0.335 e. The summed E-state index contributed by atoms with van der Waals surface area (Å²) in [5.74, 6) is -0.574. The lowest BCUT2D eigenvalue weighted by molar-refractivity contribution is 0.0535. The standard InChI is InChI=1S/C23H22FN3O2/c1-15-3-8-21-18(13-15)14-20(16(2)25-21)23(29)27-11-9-26(10-12-27)22(28)17-4-6-19(24)7-5-17/h3-8,13-14H,9-12H2,1-2H3. The molecular formula is C23H22FN3O2. The summed E-state index contributed by atoms with van der Waals surface area (Å²) in [5.41, 5.74) is 3.75. The summed E-state index contributed by atoms with van der Waals surface area (Å²) >= 11 is 0. The van der Waals surface area contributed by atoms with Gasteiger partial charge in [0.05, 0.1) is 16.8 Å². The molecule has 0 radical (unpaired) electrons. The first-order valence-corrected chi connectivity index (χ1v) is 9.64. The molecule has 0 bridgehead atoms. The Balaban J connectivity index is 1.47. The molecule has 1 saturated heterocycles. The third-order valence-electron chi connectivity index (χ3n) is 5.34. The second kappa shape index (κ2) is 7.62. The number of pyridine rings is 1. The SMILES string of the molecule is Cc1ccc2nc(C)c(C(=O)N3CCN(C(=O)c4ccc(F)cc4)CC3)cc2c1. The third-order valence-corrected chi connectivity index (χ3v) is 5.34. The van der Waals surface area contributed by atoms with Gasteiger partial charge in [0.2, 0.25) is 0 Å². The maximum absolute atomic E-state index is 13.1. The van der Waals surface area contributed by atoms with Crippen molar-refractivity contribution in [3.8, 4) is 0 Å². The number of aryl methyl sites for hydroxylation is 2. The van der Waals surface area contributed by atoms with Crippen LogP contribution in [0.1, 0.15) is 32.0 Å². The zero-order valence-electron chi connectivity index (χ0n) is 16.5. The van der Waals surface area contributed by atoms with Crippen LogP contribution in [0.3, 0.4) is 0 Å². The maximum atomic E-state index is 13.1. The fourth-order valence-corrected chi connectivity index (χ4v) is 3.67. The van der Waals surface area contributed by atoms with E-state index in [2.05, 4.69) is 4.98 Å². The monoisotopic (exact) mass is 391 g/mol. The second-order valence-corrected chi connectivity index (χ2v) is 7.41. The van der Waals surface area contributed by atoms with Crippen molar-refractivity contribution >= 4 is 22.7 Å². The first-order valence-electron chi connectivity index (χ1n) is 9.64. The number of rotatable bonds is 2. The Bertz CT molecular complexity index is 1090. The average Bonchev–Trinajstić information content (AvgIpc) is 2.73. The predicted octanol–water partition coefficient (Wildman–Crippen LogP) is 3.59. The van der Waals surface area contributed by atoms with Crippen molar-refractivity contribution in [3.63, 3.8) is 0 Å². The number of nitrogens with zero attached hydrogens (tertiary/aromatic N) is 3. The van der Waals surface area contributed by atoms with Crippen molar-refractivity contribution in [2.75, 3.05) is 26.2 Å². The molecule has 0 spiro atoms. The lowest BCUT2D eigenvalue weighted by atomic mass is 10.1. The first-order chi connectivity index (χ1) is 13.9. The molecule has 6 heteroatoms. The van der Waals surface area contributed by atoms with Crippen molar-refractivity contribution in [2.24, 2.45) is 0 Å². The Morgan fingerprint density at radius 1 is 0.862 bits per heavy atom. The predicted molar refractivity (Wildman–Crippen MR) is 109 cm³/mol. The summed E-state index contributed by atoms with van der Waals surface area (Å²) < 4.78 is 13.1. The molecule has 4 rings (SSSR count). The molecule has 0 saturated carbocycles. The molecule has 1 aliphatic rings. The van der Waals surface area contributed by atoms with Gasteiger partial charge in [-0.15, -0.1) is 0 Å². The van der Waals surface area contributed by atoms with Crippen molar-refractivity contribution in [1.29, 1.82) is 0 Å². The maximum Gasteiger partial charge on any atom is 0.255 e. The Kier molecular flexibility index (Phi) is 5.01. The minimum Gasteiger partial charge on any atom is -0.335 e. The Labute approximate surface area is 168 Å². The Hall–Kier alpha value is -3.28. The van der Waals surface area contributed by atoms with E-state index in [0.717, 1.165) is 16.5 Å². The zero-order valence-corrected chi connectivity index (χ0v) is 16.5. The van der Waals surface area contributed by atoms with Gasteiger partial charge in [-0.1, -0.05) is 11.6 Å². The fourth-order valence-electron chi connectivity index (χ4n) is 3.67. The van der Waals surface area contributed by atoms with Gasteiger partial charge in [0, 0.05) is 37.1 Å². The molecule has 0 N–H and O–H groups in total. The number of carbonyl (C=O) groups is 2. The van der Waals surface area contributed by atoms with E-state index in [1.807, 2.05) is 38.1 Å². The summed E-state index contributed by atoms with van der Waals surface area (Å²) in [6.45, 7) is 5.66. The lowest BCUT2D eigenvalue weighted by Gasteiger charge is -2.35. The van der Waals surface area contributed by atoms with Crippen LogP contribution in [-0.4, -0.2) is 52.8 Å². The average molecular weight is 391 g/mol. The summed E-state index contributed by atoms with van der Waals surface area (Å²) in [4.78, 5) is 33.7. The zero-order chi connectivity index (χ0) is 20.5. The molecule has 0 unspecified atom stereocenters. The van der Waals surface area contributed by atoms with Gasteiger partial charge in [-0.05, 0) is 56.3 Å². The highest BCUT2D eigenvalue weighted by molar-refractivity contribution is 5.99. The number of hydrogen-bond donors (Lipinski definition) is 0. The summed E-state index contributed by atoms with van der Waals surface area (Å²) in [5, 5.41) is 0.948. The molecule has 1 aromatic heterocycles. The number of hydrogen-bond acceptors (Lipinski definition) is 3. The van der Waals surface area contributed by atoms with Crippen LogP contribution in [-0.2, 0) is 0 Å². The Morgan fingerprint density at radius 3 is 2.14 bits per heavy atom. The lowest BCUT2D eigenvalue weighted by Crippen LogP contribution is -2.50. The summed E-state index contributed by atoms with van der Waals surface area (Å²) in [6, 6.07) is 13.4. The number of halogens is 1. The minimum atomic E-state index is -0.369. The molecule has 148 valence electrons. The van der Waals surface area contributed by atoms with Crippen molar-refractivity contribution in [3.05, 3.63) is 76.7 Å². The number of carbonyl (C=O) groups excluding carboxylic acids is 2.